The molecule has 3 aromatic rings. The third-order valence-electron chi connectivity index (χ3n) is 4.61. The van der Waals surface area contributed by atoms with Gasteiger partial charge in [0.05, 0.1) is 0 Å². The molecule has 0 bridgehead atoms. The Bertz CT molecular complexity index is 981. The summed E-state index contributed by atoms with van der Waals surface area (Å²) in [5.41, 5.74) is 1.19. The molecule has 3 rings (SSSR count). The number of alkyl halides is 3. The van der Waals surface area contributed by atoms with Crippen LogP contribution >= 0.6 is 11.8 Å². The molecule has 0 unspecified atom stereocenters. The van der Waals surface area contributed by atoms with Gasteiger partial charge in [0.2, 0.25) is 5.95 Å². The SMILES string of the molecule is CCN(c1ccc(C(C)(C)C)cc1)c1ncc(C(F)(F)F)c(Sc2ccccc2)n1. The lowest BCUT2D eigenvalue weighted by molar-refractivity contribution is -0.140. The van der Waals surface area contributed by atoms with Crippen molar-refractivity contribution >= 4 is 23.4 Å². The van der Waals surface area contributed by atoms with Crippen molar-refractivity contribution in [3.63, 3.8) is 0 Å². The van der Waals surface area contributed by atoms with E-state index in [2.05, 4.69) is 30.7 Å². The smallest absolute Gasteiger partial charge is 0.311 e. The molecule has 7 heteroatoms. The Labute approximate surface area is 179 Å². The minimum absolute atomic E-state index is 0.0138. The Kier molecular flexibility index (Phi) is 6.41. The first kappa shape index (κ1) is 22.2. The molecular weight excluding hydrogens is 407 g/mol. The molecule has 0 fully saturated rings. The van der Waals surface area contributed by atoms with E-state index in [1.165, 1.54) is 5.56 Å². The predicted octanol–water partition coefficient (Wildman–Crippen LogP) is 7.10. The van der Waals surface area contributed by atoms with Crippen LogP contribution in [0.25, 0.3) is 0 Å². The Balaban J connectivity index is 2.00. The van der Waals surface area contributed by atoms with Gasteiger partial charge in [-0.25, -0.2) is 9.97 Å². The van der Waals surface area contributed by atoms with Crippen molar-refractivity contribution in [2.75, 3.05) is 11.4 Å². The number of aromatic nitrogens is 2. The summed E-state index contributed by atoms with van der Waals surface area (Å²) in [5, 5.41) is -0.108. The monoisotopic (exact) mass is 431 g/mol. The van der Waals surface area contributed by atoms with Crippen LogP contribution in [0, 0.1) is 0 Å². The van der Waals surface area contributed by atoms with Gasteiger partial charge in [0, 0.05) is 23.3 Å². The molecule has 0 aliphatic heterocycles. The second kappa shape index (κ2) is 8.68. The summed E-state index contributed by atoms with van der Waals surface area (Å²) in [5.74, 6) is 0.243. The minimum atomic E-state index is -4.53. The maximum absolute atomic E-state index is 13.5. The highest BCUT2D eigenvalue weighted by Gasteiger charge is 2.35. The van der Waals surface area contributed by atoms with Gasteiger partial charge < -0.3 is 4.90 Å². The van der Waals surface area contributed by atoms with Crippen LogP contribution in [0.5, 0.6) is 0 Å². The molecule has 0 saturated heterocycles. The van der Waals surface area contributed by atoms with Gasteiger partial charge in [-0.15, -0.1) is 0 Å². The van der Waals surface area contributed by atoms with Crippen LogP contribution in [0.3, 0.4) is 0 Å². The van der Waals surface area contributed by atoms with Crippen molar-refractivity contribution in [2.45, 2.75) is 49.2 Å². The molecular formula is C23H24F3N3S. The van der Waals surface area contributed by atoms with E-state index in [1.807, 2.05) is 42.2 Å². The van der Waals surface area contributed by atoms with Crippen molar-refractivity contribution in [3.8, 4) is 0 Å². The van der Waals surface area contributed by atoms with Gasteiger partial charge in [-0.2, -0.15) is 13.2 Å². The number of benzene rings is 2. The summed E-state index contributed by atoms with van der Waals surface area (Å²) in [7, 11) is 0. The zero-order chi connectivity index (χ0) is 21.9. The highest BCUT2D eigenvalue weighted by atomic mass is 32.2. The molecule has 0 aliphatic carbocycles. The fourth-order valence-electron chi connectivity index (χ4n) is 2.94. The van der Waals surface area contributed by atoms with E-state index in [4.69, 9.17) is 0 Å². The van der Waals surface area contributed by atoms with Crippen LogP contribution in [0.1, 0.15) is 38.8 Å². The molecule has 2 aromatic carbocycles. The van der Waals surface area contributed by atoms with Gasteiger partial charge in [-0.05, 0) is 42.2 Å². The highest BCUT2D eigenvalue weighted by molar-refractivity contribution is 7.99. The van der Waals surface area contributed by atoms with E-state index >= 15 is 0 Å². The van der Waals surface area contributed by atoms with E-state index in [0.29, 0.717) is 11.4 Å². The van der Waals surface area contributed by atoms with Gasteiger partial charge in [-0.1, -0.05) is 62.9 Å². The summed E-state index contributed by atoms with van der Waals surface area (Å²) in [6.45, 7) is 8.83. The Morgan fingerprint density at radius 2 is 1.57 bits per heavy atom. The molecule has 0 N–H and O–H groups in total. The van der Waals surface area contributed by atoms with Crippen molar-refractivity contribution in [1.29, 1.82) is 0 Å². The van der Waals surface area contributed by atoms with Crippen LogP contribution in [0.4, 0.5) is 24.8 Å². The zero-order valence-corrected chi connectivity index (χ0v) is 18.2. The quantitative estimate of drug-likeness (QED) is 0.403. The van der Waals surface area contributed by atoms with Gasteiger partial charge in [-0.3, -0.25) is 0 Å². The standard InChI is InChI=1S/C23H24F3N3S/c1-5-29(17-13-11-16(12-14-17)22(2,3)4)21-27-15-19(23(24,25)26)20(28-21)30-18-9-7-6-8-10-18/h6-15H,5H2,1-4H3. The number of rotatable bonds is 5. The lowest BCUT2D eigenvalue weighted by Gasteiger charge is -2.24. The van der Waals surface area contributed by atoms with Gasteiger partial charge in [0.15, 0.2) is 0 Å². The topological polar surface area (TPSA) is 29.0 Å². The molecule has 158 valence electrons. The lowest BCUT2D eigenvalue weighted by atomic mass is 9.87. The predicted molar refractivity (Wildman–Crippen MR) is 115 cm³/mol. The third-order valence-corrected chi connectivity index (χ3v) is 5.62. The highest BCUT2D eigenvalue weighted by Crippen LogP contribution is 2.39. The number of nitrogens with zero attached hydrogens (tertiary/aromatic N) is 3. The van der Waals surface area contributed by atoms with Crippen LogP contribution in [-0.2, 0) is 11.6 Å². The average molecular weight is 432 g/mol. The number of hydrogen-bond acceptors (Lipinski definition) is 4. The molecule has 3 nitrogen and oxygen atoms in total. The molecule has 1 heterocycles. The van der Waals surface area contributed by atoms with Gasteiger partial charge in [0.1, 0.15) is 10.6 Å². The van der Waals surface area contributed by atoms with Crippen molar-refractivity contribution in [3.05, 3.63) is 71.9 Å². The first-order valence-electron chi connectivity index (χ1n) is 9.65. The van der Waals surface area contributed by atoms with Gasteiger partial charge in [0.25, 0.3) is 0 Å². The fourth-order valence-corrected chi connectivity index (χ4v) is 3.86. The first-order valence-corrected chi connectivity index (χ1v) is 10.5. The van der Waals surface area contributed by atoms with Crippen molar-refractivity contribution in [1.82, 2.24) is 9.97 Å². The number of hydrogen-bond donors (Lipinski definition) is 0. The molecule has 0 aliphatic rings. The molecule has 0 radical (unpaired) electrons. The van der Waals surface area contributed by atoms with E-state index in [1.54, 1.807) is 24.3 Å². The summed E-state index contributed by atoms with van der Waals surface area (Å²) >= 11 is 0.986. The summed E-state index contributed by atoms with van der Waals surface area (Å²) in [6, 6.07) is 16.9. The van der Waals surface area contributed by atoms with Gasteiger partial charge >= 0.3 is 6.18 Å². The third kappa shape index (κ3) is 5.14. The lowest BCUT2D eigenvalue weighted by Crippen LogP contribution is -2.21. The van der Waals surface area contributed by atoms with E-state index in [0.717, 1.165) is 23.6 Å². The maximum atomic E-state index is 13.5. The molecule has 1 aromatic heterocycles. The molecule has 0 atom stereocenters. The molecule has 0 spiro atoms. The normalized spacial score (nSPS) is 12.1. The summed E-state index contributed by atoms with van der Waals surface area (Å²) in [4.78, 5) is 10.9. The second-order valence-electron chi connectivity index (χ2n) is 7.84. The Morgan fingerprint density at radius 1 is 0.933 bits per heavy atom. The Morgan fingerprint density at radius 3 is 2.10 bits per heavy atom. The van der Waals surface area contributed by atoms with Crippen LogP contribution in [0.2, 0.25) is 0 Å². The Hall–Kier alpha value is -2.54. The molecule has 0 saturated carbocycles. The number of halogens is 3. The summed E-state index contributed by atoms with van der Waals surface area (Å²) in [6.07, 6.45) is -3.65. The maximum Gasteiger partial charge on any atom is 0.420 e. The van der Waals surface area contributed by atoms with Crippen LogP contribution in [0.15, 0.2) is 70.7 Å². The second-order valence-corrected chi connectivity index (χ2v) is 8.91. The van der Waals surface area contributed by atoms with E-state index in [9.17, 15) is 13.2 Å². The molecule has 30 heavy (non-hydrogen) atoms. The minimum Gasteiger partial charge on any atom is -0.311 e. The molecule has 0 amide bonds. The average Bonchev–Trinajstić information content (AvgIpc) is 2.68. The largest absolute Gasteiger partial charge is 0.420 e. The summed E-state index contributed by atoms with van der Waals surface area (Å²) < 4.78 is 40.6. The van der Waals surface area contributed by atoms with Crippen molar-refractivity contribution < 1.29 is 13.2 Å². The number of anilines is 2. The van der Waals surface area contributed by atoms with Crippen LogP contribution < -0.4 is 4.90 Å². The van der Waals surface area contributed by atoms with Crippen LogP contribution in [-0.4, -0.2) is 16.5 Å². The zero-order valence-electron chi connectivity index (χ0n) is 17.4. The van der Waals surface area contributed by atoms with Crippen molar-refractivity contribution in [2.24, 2.45) is 0 Å². The van der Waals surface area contributed by atoms with E-state index in [-0.39, 0.29) is 16.4 Å². The first-order chi connectivity index (χ1) is 14.1. The fraction of sp³-hybridized carbons (Fsp3) is 0.304. The van der Waals surface area contributed by atoms with E-state index < -0.39 is 11.7 Å².